The summed E-state index contributed by atoms with van der Waals surface area (Å²) in [4.78, 5) is 32.5. The van der Waals surface area contributed by atoms with Crippen LogP contribution in [0.15, 0.2) is 11.0 Å². The highest BCUT2D eigenvalue weighted by Gasteiger charge is 2.73. The molecular weight excluding hydrogens is 663 g/mol. The first-order valence-corrected chi connectivity index (χ1v) is 25.6. The van der Waals surface area contributed by atoms with Crippen molar-refractivity contribution < 1.29 is 23.2 Å². The third-order valence-electron chi connectivity index (χ3n) is 12.9. The first-order valence-electron chi connectivity index (χ1n) is 19.7. The van der Waals surface area contributed by atoms with E-state index in [1.807, 2.05) is 20.8 Å². The summed E-state index contributed by atoms with van der Waals surface area (Å²) in [5.41, 5.74) is 0.580. The lowest BCUT2D eigenvalue weighted by atomic mass is 9.75. The maximum Gasteiger partial charge on any atom is 0.306 e. The molecule has 6 atom stereocenters. The van der Waals surface area contributed by atoms with Crippen molar-refractivity contribution in [3.8, 4) is 0 Å². The quantitative estimate of drug-likeness (QED) is 0.157. The van der Waals surface area contributed by atoms with Gasteiger partial charge in [-0.15, -0.1) is 11.3 Å². The lowest BCUT2D eigenvalue weighted by molar-refractivity contribution is -0.158. The second-order valence-electron chi connectivity index (χ2n) is 16.7. The molecule has 49 heavy (non-hydrogen) atoms. The number of ether oxygens (including phenoxy) is 1. The smallest absolute Gasteiger partial charge is 0.306 e. The molecule has 3 rings (SSSR count). The Morgan fingerprint density at radius 3 is 2.10 bits per heavy atom. The van der Waals surface area contributed by atoms with Gasteiger partial charge in [-0.05, 0) is 93.4 Å². The molecule has 1 aliphatic heterocycles. The van der Waals surface area contributed by atoms with Crippen LogP contribution in [0.4, 0.5) is 0 Å². The lowest BCUT2D eigenvalue weighted by Gasteiger charge is -2.46. The maximum absolute atomic E-state index is 14.1. The van der Waals surface area contributed by atoms with Gasteiger partial charge in [0.1, 0.15) is 11.9 Å². The van der Waals surface area contributed by atoms with Gasteiger partial charge in [0.2, 0.25) is 0 Å². The summed E-state index contributed by atoms with van der Waals surface area (Å²) in [5, 5.41) is 3.08. The molecule has 2 heterocycles. The zero-order chi connectivity index (χ0) is 36.8. The molecule has 0 radical (unpaired) electrons. The molecule has 0 spiro atoms. The van der Waals surface area contributed by atoms with E-state index in [0.29, 0.717) is 12.3 Å². The van der Waals surface area contributed by atoms with E-state index in [4.69, 9.17) is 18.6 Å². The molecule has 0 bridgehead atoms. The van der Waals surface area contributed by atoms with Gasteiger partial charge in [-0.1, -0.05) is 89.0 Å². The van der Waals surface area contributed by atoms with E-state index < -0.39 is 39.9 Å². The van der Waals surface area contributed by atoms with Crippen molar-refractivity contribution >= 4 is 45.8 Å². The SMILES string of the molecule is CC[Si](CC)(CC)OC1C(C(C)=Cc2csc(C)n2)OC(=O)CCC(C)(C)C(=O)C(C)CC(C)CCCC2(C)CC12O[Si](CC)(CC)CC. The summed E-state index contributed by atoms with van der Waals surface area (Å²) in [6.07, 6.45) is 6.70. The Kier molecular flexibility index (Phi) is 14.8. The second-order valence-corrected chi connectivity index (χ2v) is 27.2. The van der Waals surface area contributed by atoms with E-state index in [9.17, 15) is 9.59 Å². The van der Waals surface area contributed by atoms with Crippen LogP contribution in [-0.4, -0.2) is 51.2 Å². The number of Topliss-reactive ketones (excluding diaryl/α,β-unsaturated/α-hetero) is 1. The highest BCUT2D eigenvalue weighted by Crippen LogP contribution is 2.67. The molecule has 0 amide bonds. The topological polar surface area (TPSA) is 74.7 Å². The van der Waals surface area contributed by atoms with Crippen LogP contribution < -0.4 is 0 Å². The van der Waals surface area contributed by atoms with Gasteiger partial charge in [0.25, 0.3) is 0 Å². The van der Waals surface area contributed by atoms with Crippen molar-refractivity contribution in [3.05, 3.63) is 21.7 Å². The summed E-state index contributed by atoms with van der Waals surface area (Å²) in [6, 6.07) is 6.17. The van der Waals surface area contributed by atoms with E-state index in [0.717, 1.165) is 84.6 Å². The molecule has 6 unspecified atom stereocenters. The summed E-state index contributed by atoms with van der Waals surface area (Å²) in [6.45, 7) is 28.7. The number of hydrogen-bond acceptors (Lipinski definition) is 7. The molecular formula is C40H71NO5SSi2. The molecule has 280 valence electrons. The molecule has 1 aliphatic carbocycles. The predicted octanol–water partition coefficient (Wildman–Crippen LogP) is 11.5. The minimum absolute atomic E-state index is 0.0365. The van der Waals surface area contributed by atoms with E-state index in [1.165, 1.54) is 0 Å². The van der Waals surface area contributed by atoms with Crippen LogP contribution in [-0.2, 0) is 23.2 Å². The maximum atomic E-state index is 14.1. The third kappa shape index (κ3) is 9.65. The Balaban J connectivity index is 2.29. The van der Waals surface area contributed by atoms with Gasteiger partial charge in [-0.2, -0.15) is 0 Å². The average molecular weight is 734 g/mol. The molecule has 1 aromatic heterocycles. The van der Waals surface area contributed by atoms with Gasteiger partial charge in [-0.3, -0.25) is 9.59 Å². The number of nitrogens with zero attached hydrogens (tertiary/aromatic N) is 1. The monoisotopic (exact) mass is 733 g/mol. The number of esters is 1. The molecule has 6 nitrogen and oxygen atoms in total. The molecule has 1 saturated carbocycles. The number of ketones is 1. The van der Waals surface area contributed by atoms with Crippen LogP contribution in [0.3, 0.4) is 0 Å². The number of rotatable bonds is 12. The number of cyclic esters (lactones) is 1. The lowest BCUT2D eigenvalue weighted by Crippen LogP contribution is -2.58. The zero-order valence-electron chi connectivity index (χ0n) is 33.6. The first kappa shape index (κ1) is 42.3. The summed E-state index contributed by atoms with van der Waals surface area (Å²) >= 11 is 1.63. The Hall–Kier alpha value is -1.14. The number of aromatic nitrogens is 1. The van der Waals surface area contributed by atoms with Crippen LogP contribution in [0.1, 0.15) is 139 Å². The normalized spacial score (nSPS) is 30.9. The van der Waals surface area contributed by atoms with Gasteiger partial charge in [0.15, 0.2) is 22.7 Å². The van der Waals surface area contributed by atoms with Crippen molar-refractivity contribution in [3.63, 3.8) is 0 Å². The van der Waals surface area contributed by atoms with Crippen molar-refractivity contribution in [2.45, 2.75) is 189 Å². The fourth-order valence-electron chi connectivity index (χ4n) is 8.75. The van der Waals surface area contributed by atoms with E-state index in [1.54, 1.807) is 11.3 Å². The van der Waals surface area contributed by atoms with Crippen LogP contribution >= 0.6 is 11.3 Å². The van der Waals surface area contributed by atoms with E-state index >= 15 is 0 Å². The Labute approximate surface area is 306 Å². The predicted molar refractivity (Wildman–Crippen MR) is 211 cm³/mol. The standard InChI is InChI=1S/C40H71NO5SSi2/c1-14-48(15-2,16-3)45-37-35(30(8)26-33-27-47-32(10)41-33)44-34(42)22-24-38(11,12)36(43)31(9)25-29(7)21-20-23-39(13)28-40(37,39)46-49(17-4,18-5)19-6/h26-27,29,31,35,37H,14-25,28H2,1-13H3. The first-order chi connectivity index (χ1) is 22.9. The fourth-order valence-corrected chi connectivity index (χ4v) is 15.3. The number of carbonyl (C=O) groups is 2. The average Bonchev–Trinajstić information content (AvgIpc) is 3.43. The van der Waals surface area contributed by atoms with Crippen LogP contribution in [0.25, 0.3) is 6.08 Å². The number of fused-ring (bicyclic) bond motifs is 1. The number of aryl methyl sites for hydroxylation is 1. The van der Waals surface area contributed by atoms with Crippen molar-refractivity contribution in [2.24, 2.45) is 22.7 Å². The minimum Gasteiger partial charge on any atom is -0.455 e. The van der Waals surface area contributed by atoms with Crippen molar-refractivity contribution in [2.75, 3.05) is 0 Å². The summed E-state index contributed by atoms with van der Waals surface area (Å²) in [7, 11) is -4.35. The van der Waals surface area contributed by atoms with Crippen molar-refractivity contribution in [1.29, 1.82) is 0 Å². The second kappa shape index (κ2) is 17.1. The van der Waals surface area contributed by atoms with Crippen LogP contribution in [0, 0.1) is 29.6 Å². The van der Waals surface area contributed by atoms with Gasteiger partial charge in [-0.25, -0.2) is 4.98 Å². The van der Waals surface area contributed by atoms with Gasteiger partial charge in [0.05, 0.1) is 16.3 Å². The minimum atomic E-state index is -2.22. The number of carbonyl (C=O) groups excluding carboxylic acids is 2. The zero-order valence-corrected chi connectivity index (χ0v) is 36.4. The number of thiazole rings is 1. The van der Waals surface area contributed by atoms with E-state index in [2.05, 4.69) is 80.7 Å². The van der Waals surface area contributed by atoms with Crippen LogP contribution in [0.2, 0.25) is 36.3 Å². The Bertz CT molecular complexity index is 1270. The third-order valence-corrected chi connectivity index (χ3v) is 23.0. The van der Waals surface area contributed by atoms with Gasteiger partial charge in [0, 0.05) is 28.5 Å². The molecule has 9 heteroatoms. The molecule has 2 aliphatic rings. The molecule has 1 aromatic rings. The summed E-state index contributed by atoms with van der Waals surface area (Å²) < 4.78 is 22.2. The fraction of sp³-hybridized carbons (Fsp3) is 0.825. The Morgan fingerprint density at radius 1 is 0.980 bits per heavy atom. The highest BCUT2D eigenvalue weighted by molar-refractivity contribution is 7.09. The van der Waals surface area contributed by atoms with Gasteiger partial charge >= 0.3 is 5.97 Å². The molecule has 0 N–H and O–H groups in total. The molecule has 2 fully saturated rings. The van der Waals surface area contributed by atoms with Crippen LogP contribution in [0.5, 0.6) is 0 Å². The van der Waals surface area contributed by atoms with E-state index in [-0.39, 0.29) is 29.5 Å². The van der Waals surface area contributed by atoms with Gasteiger partial charge < -0.3 is 13.6 Å². The van der Waals surface area contributed by atoms with Crippen molar-refractivity contribution in [1.82, 2.24) is 4.98 Å². The molecule has 0 aromatic carbocycles. The summed E-state index contributed by atoms with van der Waals surface area (Å²) in [5.74, 6) is 0.394. The number of hydrogen-bond donors (Lipinski definition) is 0. The highest BCUT2D eigenvalue weighted by atomic mass is 32.1. The Morgan fingerprint density at radius 2 is 1.57 bits per heavy atom. The molecule has 1 saturated heterocycles. The largest absolute Gasteiger partial charge is 0.455 e.